The molecular weight excluding hydrogens is 288 g/mol. The molecule has 20 heavy (non-hydrogen) atoms. The van der Waals surface area contributed by atoms with E-state index in [1.165, 1.54) is 4.70 Å². The number of nitrogens with zero attached hydrogens (tertiary/aromatic N) is 2. The van der Waals surface area contributed by atoms with E-state index in [4.69, 9.17) is 0 Å². The summed E-state index contributed by atoms with van der Waals surface area (Å²) in [4.78, 5) is 18.6. The van der Waals surface area contributed by atoms with Gasteiger partial charge in [0.15, 0.2) is 4.34 Å². The van der Waals surface area contributed by atoms with Crippen LogP contribution in [0.5, 0.6) is 0 Å². The quantitative estimate of drug-likeness (QED) is 0.724. The number of unbranched alkanes of at least 4 members (excludes halogenated alkanes) is 1. The average Bonchev–Trinajstić information content (AvgIpc) is 2.88. The van der Waals surface area contributed by atoms with Gasteiger partial charge in [-0.2, -0.15) is 0 Å². The van der Waals surface area contributed by atoms with Gasteiger partial charge in [0.2, 0.25) is 5.91 Å². The number of thioether (sulfide) groups is 1. The van der Waals surface area contributed by atoms with E-state index in [1.54, 1.807) is 23.1 Å². The van der Waals surface area contributed by atoms with Gasteiger partial charge < -0.3 is 4.90 Å². The molecule has 0 atom stereocenters. The van der Waals surface area contributed by atoms with Crippen molar-refractivity contribution in [2.45, 2.75) is 31.0 Å². The molecule has 0 saturated carbocycles. The number of hydrogen-bond donors (Lipinski definition) is 0. The topological polar surface area (TPSA) is 33.2 Å². The lowest BCUT2D eigenvalue weighted by molar-refractivity contribution is -0.128. The summed E-state index contributed by atoms with van der Waals surface area (Å²) in [5.41, 5.74) is 1.02. The number of hydrogen-bond acceptors (Lipinski definition) is 4. The minimum Gasteiger partial charge on any atom is -0.342 e. The van der Waals surface area contributed by atoms with Crippen molar-refractivity contribution < 1.29 is 4.79 Å². The summed E-state index contributed by atoms with van der Waals surface area (Å²) in [6.07, 6.45) is 2.19. The third-order valence-corrected chi connectivity index (χ3v) is 5.27. The Kier molecular flexibility index (Phi) is 5.86. The second-order valence-electron chi connectivity index (χ2n) is 4.56. The summed E-state index contributed by atoms with van der Waals surface area (Å²) in [5, 5.41) is 0. The maximum absolute atomic E-state index is 12.2. The standard InChI is InChI=1S/C15H20N2OS2/c1-3-5-10-17(4-2)14(18)11-19-15-16-12-8-6-7-9-13(12)20-15/h6-9H,3-5,10-11H2,1-2H3. The minimum atomic E-state index is 0.213. The molecule has 5 heteroatoms. The Balaban J connectivity index is 1.91. The summed E-state index contributed by atoms with van der Waals surface area (Å²) < 4.78 is 2.16. The van der Waals surface area contributed by atoms with Crippen LogP contribution < -0.4 is 0 Å². The van der Waals surface area contributed by atoms with Crippen molar-refractivity contribution in [1.29, 1.82) is 0 Å². The number of thiazole rings is 1. The highest BCUT2D eigenvalue weighted by molar-refractivity contribution is 8.01. The van der Waals surface area contributed by atoms with Gasteiger partial charge in [-0.25, -0.2) is 4.98 Å². The summed E-state index contributed by atoms with van der Waals surface area (Å²) in [6, 6.07) is 8.09. The molecule has 0 saturated heterocycles. The highest BCUT2D eigenvalue weighted by Crippen LogP contribution is 2.29. The van der Waals surface area contributed by atoms with Gasteiger partial charge in [-0.15, -0.1) is 11.3 Å². The molecule has 0 aliphatic heterocycles. The normalized spacial score (nSPS) is 10.9. The summed E-state index contributed by atoms with van der Waals surface area (Å²) in [5.74, 6) is 0.697. The lowest BCUT2D eigenvalue weighted by atomic mass is 10.3. The molecule has 0 aliphatic carbocycles. The fourth-order valence-electron chi connectivity index (χ4n) is 1.94. The maximum atomic E-state index is 12.2. The largest absolute Gasteiger partial charge is 0.342 e. The molecule has 2 rings (SSSR count). The lowest BCUT2D eigenvalue weighted by Crippen LogP contribution is -2.33. The van der Waals surface area contributed by atoms with Crippen LogP contribution in [-0.4, -0.2) is 34.6 Å². The van der Waals surface area contributed by atoms with Crippen molar-refractivity contribution in [3.05, 3.63) is 24.3 Å². The molecular formula is C15H20N2OS2. The molecule has 108 valence electrons. The van der Waals surface area contributed by atoms with Gasteiger partial charge in [0.1, 0.15) is 0 Å². The van der Waals surface area contributed by atoms with E-state index in [1.807, 2.05) is 30.0 Å². The summed E-state index contributed by atoms with van der Waals surface area (Å²) in [6.45, 7) is 5.84. The van der Waals surface area contributed by atoms with Crippen LogP contribution in [0.3, 0.4) is 0 Å². The van der Waals surface area contributed by atoms with Crippen molar-refractivity contribution in [2.24, 2.45) is 0 Å². The number of rotatable bonds is 7. The first kappa shape index (κ1) is 15.3. The first-order valence-corrected chi connectivity index (χ1v) is 8.81. The monoisotopic (exact) mass is 308 g/mol. The lowest BCUT2D eigenvalue weighted by Gasteiger charge is -2.19. The first-order chi connectivity index (χ1) is 9.74. The Hall–Kier alpha value is -1.07. The van der Waals surface area contributed by atoms with Crippen LogP contribution >= 0.6 is 23.1 Å². The minimum absolute atomic E-state index is 0.213. The highest BCUT2D eigenvalue weighted by Gasteiger charge is 2.13. The zero-order valence-electron chi connectivity index (χ0n) is 12.0. The summed E-state index contributed by atoms with van der Waals surface area (Å²) >= 11 is 3.21. The Bertz CT molecular complexity index is 535. The van der Waals surface area contributed by atoms with Crippen molar-refractivity contribution in [3.8, 4) is 0 Å². The molecule has 0 fully saturated rings. The zero-order valence-corrected chi connectivity index (χ0v) is 13.6. The van der Waals surface area contributed by atoms with Crippen molar-refractivity contribution in [1.82, 2.24) is 9.88 Å². The molecule has 1 aromatic heterocycles. The van der Waals surface area contributed by atoms with Crippen LogP contribution in [-0.2, 0) is 4.79 Å². The number of benzene rings is 1. The molecule has 1 heterocycles. The first-order valence-electron chi connectivity index (χ1n) is 7.00. The molecule has 0 radical (unpaired) electrons. The van der Waals surface area contributed by atoms with Gasteiger partial charge in [0, 0.05) is 13.1 Å². The molecule has 2 aromatic rings. The van der Waals surface area contributed by atoms with Gasteiger partial charge in [0.05, 0.1) is 16.0 Å². The fourth-order valence-corrected chi connectivity index (χ4v) is 3.91. The Labute approximate surface area is 128 Å². The number of carbonyl (C=O) groups excluding carboxylic acids is 1. The number of amides is 1. The van der Waals surface area contributed by atoms with E-state index in [0.717, 1.165) is 35.8 Å². The fraction of sp³-hybridized carbons (Fsp3) is 0.467. The molecule has 1 amide bonds. The number of carbonyl (C=O) groups is 1. The van der Waals surface area contributed by atoms with E-state index in [-0.39, 0.29) is 5.91 Å². The van der Waals surface area contributed by atoms with Gasteiger partial charge in [0.25, 0.3) is 0 Å². The predicted molar refractivity (Wildman–Crippen MR) is 87.5 cm³/mol. The second-order valence-corrected chi connectivity index (χ2v) is 6.82. The van der Waals surface area contributed by atoms with Gasteiger partial charge >= 0.3 is 0 Å². The highest BCUT2D eigenvalue weighted by atomic mass is 32.2. The van der Waals surface area contributed by atoms with Gasteiger partial charge in [-0.3, -0.25) is 4.79 Å². The number of para-hydroxylation sites is 1. The van der Waals surface area contributed by atoms with Crippen molar-refractivity contribution >= 4 is 39.2 Å². The third kappa shape index (κ3) is 3.96. The maximum Gasteiger partial charge on any atom is 0.233 e. The van der Waals surface area contributed by atoms with Crippen molar-refractivity contribution in [3.63, 3.8) is 0 Å². The van der Waals surface area contributed by atoms with E-state index in [2.05, 4.69) is 18.0 Å². The van der Waals surface area contributed by atoms with Crippen LogP contribution in [0.2, 0.25) is 0 Å². The molecule has 0 spiro atoms. The number of fused-ring (bicyclic) bond motifs is 1. The van der Waals surface area contributed by atoms with Crippen LogP contribution in [0, 0.1) is 0 Å². The average molecular weight is 308 g/mol. The molecule has 0 N–H and O–H groups in total. The summed E-state index contributed by atoms with van der Waals surface area (Å²) in [7, 11) is 0. The third-order valence-electron chi connectivity index (χ3n) is 3.11. The van der Waals surface area contributed by atoms with Crippen molar-refractivity contribution in [2.75, 3.05) is 18.8 Å². The van der Waals surface area contributed by atoms with Crippen LogP contribution in [0.25, 0.3) is 10.2 Å². The SMILES string of the molecule is CCCCN(CC)C(=O)CSc1nc2ccccc2s1. The smallest absolute Gasteiger partial charge is 0.233 e. The van der Waals surface area contributed by atoms with E-state index >= 15 is 0 Å². The van der Waals surface area contributed by atoms with E-state index < -0.39 is 0 Å². The molecule has 0 bridgehead atoms. The van der Waals surface area contributed by atoms with Gasteiger partial charge in [-0.1, -0.05) is 37.2 Å². The second kappa shape index (κ2) is 7.64. The van der Waals surface area contributed by atoms with Crippen LogP contribution in [0.15, 0.2) is 28.6 Å². The Morgan fingerprint density at radius 1 is 1.35 bits per heavy atom. The molecule has 3 nitrogen and oxygen atoms in total. The van der Waals surface area contributed by atoms with Gasteiger partial charge in [-0.05, 0) is 25.5 Å². The Morgan fingerprint density at radius 3 is 2.85 bits per heavy atom. The molecule has 0 unspecified atom stereocenters. The van der Waals surface area contributed by atoms with Crippen LogP contribution in [0.4, 0.5) is 0 Å². The van der Waals surface area contributed by atoms with Crippen LogP contribution in [0.1, 0.15) is 26.7 Å². The molecule has 0 aliphatic rings. The zero-order chi connectivity index (χ0) is 14.4. The Morgan fingerprint density at radius 2 is 2.15 bits per heavy atom. The molecule has 1 aromatic carbocycles. The van der Waals surface area contributed by atoms with E-state index in [0.29, 0.717) is 5.75 Å². The van der Waals surface area contributed by atoms with E-state index in [9.17, 15) is 4.79 Å². The number of aromatic nitrogens is 1. The predicted octanol–water partition coefficient (Wildman–Crippen LogP) is 4.04.